The highest BCUT2D eigenvalue weighted by atomic mass is 35.5. The molecule has 23 heavy (non-hydrogen) atoms. The van der Waals surface area contributed by atoms with Gasteiger partial charge in [0.2, 0.25) is 5.89 Å². The summed E-state index contributed by atoms with van der Waals surface area (Å²) in [5, 5.41) is 3.43. The Morgan fingerprint density at radius 2 is 2.22 bits per heavy atom. The van der Waals surface area contributed by atoms with Crippen molar-refractivity contribution in [1.82, 2.24) is 15.2 Å². The maximum Gasteiger partial charge on any atom is 0.226 e. The molecule has 1 atom stereocenters. The number of rotatable bonds is 4. The van der Waals surface area contributed by atoms with Crippen LogP contribution < -0.4 is 5.32 Å². The lowest BCUT2D eigenvalue weighted by Crippen LogP contribution is -2.32. The van der Waals surface area contributed by atoms with Crippen LogP contribution in [0.5, 0.6) is 0 Å². The summed E-state index contributed by atoms with van der Waals surface area (Å²) in [6.07, 6.45) is 5.25. The molecular weight excluding hydrogens is 317 g/mol. The molecule has 1 aromatic carbocycles. The van der Waals surface area contributed by atoms with Gasteiger partial charge in [0.15, 0.2) is 0 Å². The fraction of sp³-hybridized carbons (Fsp3) is 0.471. The van der Waals surface area contributed by atoms with Gasteiger partial charge >= 0.3 is 0 Å². The molecule has 1 aliphatic rings. The minimum absolute atomic E-state index is 0. The van der Waals surface area contributed by atoms with Crippen molar-refractivity contribution in [3.8, 4) is 11.5 Å². The van der Waals surface area contributed by atoms with Gasteiger partial charge in [0, 0.05) is 18.2 Å². The molecule has 2 heterocycles. The van der Waals surface area contributed by atoms with Gasteiger partial charge in [0.1, 0.15) is 12.1 Å². The average Bonchev–Trinajstić information content (AvgIpc) is 2.80. The molecule has 1 saturated heterocycles. The van der Waals surface area contributed by atoms with Gasteiger partial charge in [-0.15, -0.1) is 12.4 Å². The standard InChI is InChI=1S/C17H22FN3O.ClH/c1-21(16-6-3-8-19-9-7-16)11-15-12-22-17(20-15)13-4-2-5-14(18)10-13;/h2,4-5,10,12,16,19H,3,6-9,11H2,1H3;1H. The summed E-state index contributed by atoms with van der Waals surface area (Å²) in [5.41, 5.74) is 1.56. The zero-order valence-corrected chi connectivity index (χ0v) is 14.1. The minimum atomic E-state index is -0.277. The molecular formula is C17H23ClFN3O. The Morgan fingerprint density at radius 3 is 3.04 bits per heavy atom. The molecule has 1 aromatic heterocycles. The van der Waals surface area contributed by atoms with Crippen LogP contribution in [0.1, 0.15) is 25.0 Å². The zero-order chi connectivity index (χ0) is 15.4. The Hall–Kier alpha value is -1.43. The van der Waals surface area contributed by atoms with Crippen molar-refractivity contribution < 1.29 is 8.81 Å². The van der Waals surface area contributed by atoms with Crippen molar-refractivity contribution in [2.45, 2.75) is 31.8 Å². The van der Waals surface area contributed by atoms with Crippen molar-refractivity contribution >= 4 is 12.4 Å². The van der Waals surface area contributed by atoms with Crippen LogP contribution >= 0.6 is 12.4 Å². The van der Waals surface area contributed by atoms with Crippen molar-refractivity contribution in [3.63, 3.8) is 0 Å². The second kappa shape index (κ2) is 8.43. The number of halogens is 2. The number of nitrogens with one attached hydrogen (secondary N) is 1. The second-order valence-electron chi connectivity index (χ2n) is 5.90. The third kappa shape index (κ3) is 4.77. The van der Waals surface area contributed by atoms with E-state index >= 15 is 0 Å². The molecule has 0 aliphatic carbocycles. The highest BCUT2D eigenvalue weighted by Gasteiger charge is 2.18. The van der Waals surface area contributed by atoms with Gasteiger partial charge < -0.3 is 9.73 Å². The Labute approximate surface area is 142 Å². The molecule has 2 aromatic rings. The highest BCUT2D eigenvalue weighted by molar-refractivity contribution is 5.85. The molecule has 0 radical (unpaired) electrons. The van der Waals surface area contributed by atoms with E-state index in [2.05, 4.69) is 22.2 Å². The average molecular weight is 340 g/mol. The van der Waals surface area contributed by atoms with Gasteiger partial charge in [-0.05, 0) is 57.6 Å². The summed E-state index contributed by atoms with van der Waals surface area (Å²) in [6, 6.07) is 6.90. The van der Waals surface area contributed by atoms with E-state index in [4.69, 9.17) is 4.42 Å². The fourth-order valence-electron chi connectivity index (χ4n) is 2.96. The maximum atomic E-state index is 13.3. The van der Waals surface area contributed by atoms with Crippen molar-refractivity contribution in [1.29, 1.82) is 0 Å². The van der Waals surface area contributed by atoms with Crippen molar-refractivity contribution in [3.05, 3.63) is 42.0 Å². The van der Waals surface area contributed by atoms with Crippen LogP contribution in [0.3, 0.4) is 0 Å². The quantitative estimate of drug-likeness (QED) is 0.926. The summed E-state index contributed by atoms with van der Waals surface area (Å²) in [7, 11) is 2.13. The van der Waals surface area contributed by atoms with E-state index in [-0.39, 0.29) is 18.2 Å². The summed E-state index contributed by atoms with van der Waals surface area (Å²) < 4.78 is 18.8. The van der Waals surface area contributed by atoms with E-state index in [0.29, 0.717) is 17.5 Å². The Balaban J connectivity index is 0.00000192. The van der Waals surface area contributed by atoms with Crippen LogP contribution in [-0.4, -0.2) is 36.1 Å². The van der Waals surface area contributed by atoms with Gasteiger partial charge in [0.25, 0.3) is 0 Å². The van der Waals surface area contributed by atoms with Crippen LogP contribution in [-0.2, 0) is 6.54 Å². The summed E-state index contributed by atoms with van der Waals surface area (Å²) in [4.78, 5) is 6.82. The van der Waals surface area contributed by atoms with E-state index in [1.54, 1.807) is 18.4 Å². The molecule has 0 amide bonds. The Kier molecular flexibility index (Phi) is 6.57. The third-order valence-corrected chi connectivity index (χ3v) is 4.20. The molecule has 1 aliphatic heterocycles. The number of benzene rings is 1. The first-order chi connectivity index (χ1) is 10.7. The third-order valence-electron chi connectivity index (χ3n) is 4.20. The first-order valence-electron chi connectivity index (χ1n) is 7.83. The van der Waals surface area contributed by atoms with Crippen molar-refractivity contribution in [2.75, 3.05) is 20.1 Å². The monoisotopic (exact) mass is 339 g/mol. The first kappa shape index (κ1) is 17.9. The summed E-state index contributed by atoms with van der Waals surface area (Å²) in [6.45, 7) is 2.93. The van der Waals surface area contributed by atoms with Crippen LogP contribution in [0.25, 0.3) is 11.5 Å². The van der Waals surface area contributed by atoms with Gasteiger partial charge in [-0.1, -0.05) is 6.07 Å². The van der Waals surface area contributed by atoms with Gasteiger partial charge in [-0.3, -0.25) is 4.90 Å². The van der Waals surface area contributed by atoms with Gasteiger partial charge in [-0.25, -0.2) is 9.37 Å². The van der Waals surface area contributed by atoms with Gasteiger partial charge in [0.05, 0.1) is 5.69 Å². The molecule has 1 N–H and O–H groups in total. The van der Waals surface area contributed by atoms with E-state index in [9.17, 15) is 4.39 Å². The SMILES string of the molecule is CN(Cc1coc(-c2cccc(F)c2)n1)C1CCCNCC1.Cl. The second-order valence-corrected chi connectivity index (χ2v) is 5.90. The van der Waals surface area contributed by atoms with Crippen LogP contribution in [0.2, 0.25) is 0 Å². The van der Waals surface area contributed by atoms with Crippen molar-refractivity contribution in [2.24, 2.45) is 0 Å². The lowest BCUT2D eigenvalue weighted by molar-refractivity contribution is 0.214. The Bertz CT molecular complexity index is 611. The molecule has 1 unspecified atom stereocenters. The molecule has 0 saturated carbocycles. The van der Waals surface area contributed by atoms with E-state index in [0.717, 1.165) is 31.7 Å². The van der Waals surface area contributed by atoms with E-state index in [1.165, 1.54) is 25.0 Å². The molecule has 0 bridgehead atoms. The van der Waals surface area contributed by atoms with Crippen LogP contribution in [0.4, 0.5) is 4.39 Å². The number of nitrogens with zero attached hydrogens (tertiary/aromatic N) is 2. The predicted octanol–water partition coefficient (Wildman–Crippen LogP) is 3.48. The summed E-state index contributed by atoms with van der Waals surface area (Å²) >= 11 is 0. The molecule has 6 heteroatoms. The molecule has 0 spiro atoms. The summed E-state index contributed by atoms with van der Waals surface area (Å²) in [5.74, 6) is 0.200. The minimum Gasteiger partial charge on any atom is -0.444 e. The zero-order valence-electron chi connectivity index (χ0n) is 13.3. The number of aromatic nitrogens is 1. The number of oxazole rings is 1. The Morgan fingerprint density at radius 1 is 1.35 bits per heavy atom. The maximum absolute atomic E-state index is 13.3. The predicted molar refractivity (Wildman–Crippen MR) is 91.1 cm³/mol. The number of hydrogen-bond donors (Lipinski definition) is 1. The molecule has 126 valence electrons. The van der Waals surface area contributed by atoms with E-state index in [1.807, 2.05) is 0 Å². The molecule has 3 rings (SSSR count). The molecule has 4 nitrogen and oxygen atoms in total. The highest BCUT2D eigenvalue weighted by Crippen LogP contribution is 2.21. The lowest BCUT2D eigenvalue weighted by atomic mass is 10.1. The number of hydrogen-bond acceptors (Lipinski definition) is 4. The van der Waals surface area contributed by atoms with E-state index < -0.39 is 0 Å². The first-order valence-corrected chi connectivity index (χ1v) is 7.83. The largest absolute Gasteiger partial charge is 0.444 e. The fourth-order valence-corrected chi connectivity index (χ4v) is 2.96. The van der Waals surface area contributed by atoms with Crippen LogP contribution in [0.15, 0.2) is 34.9 Å². The topological polar surface area (TPSA) is 41.3 Å². The lowest BCUT2D eigenvalue weighted by Gasteiger charge is -2.25. The molecule has 1 fully saturated rings. The normalized spacial score (nSPS) is 18.5. The van der Waals surface area contributed by atoms with Gasteiger partial charge in [-0.2, -0.15) is 0 Å². The van der Waals surface area contributed by atoms with Crippen LogP contribution in [0, 0.1) is 5.82 Å². The smallest absolute Gasteiger partial charge is 0.226 e.